The highest BCUT2D eigenvalue weighted by molar-refractivity contribution is 5.90. The van der Waals surface area contributed by atoms with E-state index in [1.165, 1.54) is 4.90 Å². The van der Waals surface area contributed by atoms with Crippen LogP contribution in [-0.2, 0) is 18.9 Å². The molecule has 208 valence electrons. The molecule has 5 rings (SSSR count). The number of rotatable bonds is 5. The molecule has 7 nitrogen and oxygen atoms in total. The number of anilines is 1. The van der Waals surface area contributed by atoms with Crippen LogP contribution in [0.2, 0.25) is 0 Å². The average molecular weight is 553 g/mol. The predicted octanol–water partition coefficient (Wildman–Crippen LogP) is 5.15. The fraction of sp³-hybridized carbons (Fsp3) is 0.385. The molecule has 2 fully saturated rings. The Hall–Kier alpha value is -3.58. The minimum Gasteiger partial charge on any atom is -0.341 e. The van der Waals surface area contributed by atoms with E-state index in [1.807, 2.05) is 36.5 Å². The number of urea groups is 1. The third-order valence-corrected chi connectivity index (χ3v) is 6.98. The zero-order valence-electron chi connectivity index (χ0n) is 20.7. The standard InChI is InChI=1S/C26H26F6N6O/c27-25(28,29)18-10-19(26(30,31)32)12-20(11-18)35-24(39)38-15-22(16-38)37-8-6-36(7-9-37)14-21-13-33-23(34-21)17-4-2-1-3-5-17/h1-5,10-13,22H,6-9,14-16H2,(H,33,34)(H,35,39). The molecule has 0 bridgehead atoms. The zero-order chi connectivity index (χ0) is 27.8. The molecule has 3 aromatic rings. The van der Waals surface area contributed by atoms with Gasteiger partial charge in [-0.15, -0.1) is 0 Å². The van der Waals surface area contributed by atoms with Gasteiger partial charge in [-0.1, -0.05) is 30.3 Å². The minimum atomic E-state index is -4.98. The summed E-state index contributed by atoms with van der Waals surface area (Å²) in [6.45, 7) is 4.60. The largest absolute Gasteiger partial charge is 0.416 e. The van der Waals surface area contributed by atoms with Crippen molar-refractivity contribution in [1.82, 2.24) is 24.7 Å². The second-order valence-electron chi connectivity index (χ2n) is 9.72. The Labute approximate surface area is 220 Å². The first kappa shape index (κ1) is 27.0. The molecule has 0 unspecified atom stereocenters. The summed E-state index contributed by atoms with van der Waals surface area (Å²) < 4.78 is 78.5. The molecule has 0 spiro atoms. The van der Waals surface area contributed by atoms with Crippen LogP contribution in [0.25, 0.3) is 11.4 Å². The van der Waals surface area contributed by atoms with Crippen LogP contribution in [-0.4, -0.2) is 76.0 Å². The van der Waals surface area contributed by atoms with Gasteiger partial charge in [0.25, 0.3) is 0 Å². The Morgan fingerprint density at radius 3 is 2.13 bits per heavy atom. The smallest absolute Gasteiger partial charge is 0.341 e. The number of nitrogens with zero attached hydrogens (tertiary/aromatic N) is 4. The third kappa shape index (κ3) is 6.36. The van der Waals surface area contributed by atoms with E-state index in [1.54, 1.807) is 0 Å². The van der Waals surface area contributed by atoms with Gasteiger partial charge in [-0.3, -0.25) is 9.80 Å². The monoisotopic (exact) mass is 552 g/mol. The van der Waals surface area contributed by atoms with Crippen molar-refractivity contribution in [3.63, 3.8) is 0 Å². The molecule has 0 saturated carbocycles. The lowest BCUT2D eigenvalue weighted by Gasteiger charge is -2.48. The van der Waals surface area contributed by atoms with E-state index in [4.69, 9.17) is 0 Å². The number of carbonyl (C=O) groups is 1. The number of nitrogens with one attached hydrogen (secondary N) is 2. The van der Waals surface area contributed by atoms with Crippen molar-refractivity contribution in [1.29, 1.82) is 0 Å². The van der Waals surface area contributed by atoms with Crippen LogP contribution < -0.4 is 5.32 Å². The molecule has 1 aromatic heterocycles. The second kappa shape index (κ2) is 10.5. The quantitative estimate of drug-likeness (QED) is 0.430. The second-order valence-corrected chi connectivity index (χ2v) is 9.72. The number of benzene rings is 2. The first-order valence-electron chi connectivity index (χ1n) is 12.4. The number of imidazole rings is 1. The summed E-state index contributed by atoms with van der Waals surface area (Å²) in [5.41, 5.74) is -1.47. The molecular formula is C26H26F6N6O. The van der Waals surface area contributed by atoms with Gasteiger partial charge in [0.2, 0.25) is 0 Å². The van der Waals surface area contributed by atoms with Crippen molar-refractivity contribution in [2.45, 2.75) is 24.9 Å². The lowest BCUT2D eigenvalue weighted by Crippen LogP contribution is -2.64. The maximum absolute atomic E-state index is 13.1. The number of carbonyl (C=O) groups excluding carboxylic acids is 1. The minimum absolute atomic E-state index is 0.0313. The number of hydrogen-bond donors (Lipinski definition) is 2. The van der Waals surface area contributed by atoms with Crippen LogP contribution in [0, 0.1) is 0 Å². The van der Waals surface area contributed by atoms with Crippen molar-refractivity contribution in [3.8, 4) is 11.4 Å². The highest BCUT2D eigenvalue weighted by Gasteiger charge is 2.39. The number of likely N-dealkylation sites (tertiary alicyclic amines) is 1. The van der Waals surface area contributed by atoms with Gasteiger partial charge in [-0.05, 0) is 18.2 Å². The van der Waals surface area contributed by atoms with Gasteiger partial charge in [-0.2, -0.15) is 26.3 Å². The van der Waals surface area contributed by atoms with Crippen LogP contribution in [0.15, 0.2) is 54.7 Å². The number of alkyl halides is 6. The van der Waals surface area contributed by atoms with Gasteiger partial charge in [0, 0.05) is 75.0 Å². The van der Waals surface area contributed by atoms with Crippen molar-refractivity contribution >= 4 is 11.7 Å². The maximum Gasteiger partial charge on any atom is 0.416 e. The van der Waals surface area contributed by atoms with Crippen LogP contribution in [0.5, 0.6) is 0 Å². The van der Waals surface area contributed by atoms with Crippen molar-refractivity contribution in [2.75, 3.05) is 44.6 Å². The van der Waals surface area contributed by atoms with E-state index in [0.717, 1.165) is 49.8 Å². The first-order valence-corrected chi connectivity index (χ1v) is 12.4. The molecule has 0 radical (unpaired) electrons. The predicted molar refractivity (Wildman–Crippen MR) is 132 cm³/mol. The van der Waals surface area contributed by atoms with Gasteiger partial charge >= 0.3 is 18.4 Å². The van der Waals surface area contributed by atoms with Gasteiger partial charge in [0.1, 0.15) is 5.82 Å². The molecule has 0 atom stereocenters. The van der Waals surface area contributed by atoms with E-state index >= 15 is 0 Å². The summed E-state index contributed by atoms with van der Waals surface area (Å²) in [6.07, 6.45) is -8.13. The molecule has 13 heteroatoms. The van der Waals surface area contributed by atoms with Gasteiger partial charge in [0.15, 0.2) is 0 Å². The van der Waals surface area contributed by atoms with Gasteiger partial charge in [0.05, 0.1) is 11.1 Å². The van der Waals surface area contributed by atoms with Crippen molar-refractivity contribution in [2.24, 2.45) is 0 Å². The van der Waals surface area contributed by atoms with Crippen LogP contribution in [0.1, 0.15) is 16.8 Å². The maximum atomic E-state index is 13.1. The number of halogens is 6. The molecule has 2 saturated heterocycles. The molecule has 0 aliphatic carbocycles. The van der Waals surface area contributed by atoms with Crippen LogP contribution >= 0.6 is 0 Å². The van der Waals surface area contributed by atoms with E-state index in [9.17, 15) is 31.1 Å². The third-order valence-electron chi connectivity index (χ3n) is 6.98. The lowest BCUT2D eigenvalue weighted by molar-refractivity contribution is -0.143. The zero-order valence-corrected chi connectivity index (χ0v) is 20.7. The topological polar surface area (TPSA) is 67.5 Å². The number of aromatic nitrogens is 2. The fourth-order valence-electron chi connectivity index (χ4n) is 4.79. The van der Waals surface area contributed by atoms with Gasteiger partial charge in [-0.25, -0.2) is 9.78 Å². The number of amides is 2. The molecule has 2 amide bonds. The van der Waals surface area contributed by atoms with Crippen LogP contribution in [0.4, 0.5) is 36.8 Å². The number of piperazine rings is 1. The highest BCUT2D eigenvalue weighted by Crippen LogP contribution is 2.37. The summed E-state index contributed by atoms with van der Waals surface area (Å²) in [5.74, 6) is 0.817. The Morgan fingerprint density at radius 1 is 0.923 bits per heavy atom. The summed E-state index contributed by atoms with van der Waals surface area (Å²) in [7, 11) is 0. The Balaban J connectivity index is 1.10. The molecule has 2 aliphatic rings. The number of hydrogen-bond acceptors (Lipinski definition) is 4. The molecule has 2 aliphatic heterocycles. The van der Waals surface area contributed by atoms with Crippen molar-refractivity contribution in [3.05, 3.63) is 71.5 Å². The summed E-state index contributed by atoms with van der Waals surface area (Å²) in [4.78, 5) is 26.3. The van der Waals surface area contributed by atoms with E-state index in [-0.39, 0.29) is 12.1 Å². The average Bonchev–Trinajstić information content (AvgIpc) is 3.32. The van der Waals surface area contributed by atoms with Crippen molar-refractivity contribution < 1.29 is 31.1 Å². The number of aromatic amines is 1. The van der Waals surface area contributed by atoms with Crippen LogP contribution in [0.3, 0.4) is 0 Å². The fourth-order valence-corrected chi connectivity index (χ4v) is 4.79. The Morgan fingerprint density at radius 2 is 1.54 bits per heavy atom. The molecule has 39 heavy (non-hydrogen) atoms. The highest BCUT2D eigenvalue weighted by atomic mass is 19.4. The van der Waals surface area contributed by atoms with E-state index in [0.29, 0.717) is 25.2 Å². The summed E-state index contributed by atoms with van der Waals surface area (Å²) >= 11 is 0. The lowest BCUT2D eigenvalue weighted by atomic mass is 10.1. The number of H-pyrrole nitrogens is 1. The normalized spacial score (nSPS) is 17.7. The Bertz CT molecular complexity index is 1260. The molecule has 3 heterocycles. The molecule has 2 aromatic carbocycles. The van der Waals surface area contributed by atoms with E-state index < -0.39 is 35.2 Å². The molecule has 2 N–H and O–H groups in total. The summed E-state index contributed by atoms with van der Waals surface area (Å²) in [5, 5.41) is 2.19. The first-order chi connectivity index (χ1) is 18.5. The van der Waals surface area contributed by atoms with Gasteiger partial charge < -0.3 is 15.2 Å². The Kier molecular flexibility index (Phi) is 7.29. The molecular weight excluding hydrogens is 526 g/mol. The summed E-state index contributed by atoms with van der Waals surface area (Å²) in [6, 6.07) is 10.2. The SMILES string of the molecule is O=C(Nc1cc(C(F)(F)F)cc(C(F)(F)F)c1)N1CC(N2CCN(Cc3cnc(-c4ccccc4)[nH]3)CC2)C1. The van der Waals surface area contributed by atoms with E-state index in [2.05, 4.69) is 25.1 Å².